The van der Waals surface area contributed by atoms with Crippen LogP contribution in [0.25, 0.3) is 21.3 Å². The summed E-state index contributed by atoms with van der Waals surface area (Å²) in [6.07, 6.45) is 3.90. The summed E-state index contributed by atoms with van der Waals surface area (Å²) in [7, 11) is 3.06. The molecule has 20 heteroatoms. The van der Waals surface area contributed by atoms with Gasteiger partial charge < -0.3 is 45.1 Å². The van der Waals surface area contributed by atoms with Gasteiger partial charge in [-0.25, -0.2) is 4.98 Å². The molecule has 0 spiro atoms. The third kappa shape index (κ3) is 13.9. The summed E-state index contributed by atoms with van der Waals surface area (Å²) < 4.78 is 17.3. The van der Waals surface area contributed by atoms with E-state index >= 15 is 0 Å². The predicted octanol–water partition coefficient (Wildman–Crippen LogP) is 8.28. The number of halogens is 2. The van der Waals surface area contributed by atoms with Crippen molar-refractivity contribution in [1.29, 1.82) is 5.26 Å². The quantitative estimate of drug-likeness (QED) is 0.0511. The van der Waals surface area contributed by atoms with Gasteiger partial charge in [0.05, 0.1) is 75.5 Å². The number of aromatic nitrogens is 2. The molecular formula is C54H65Cl2N9O8S. The number of anilines is 2. The highest BCUT2D eigenvalue weighted by atomic mass is 35.5. The van der Waals surface area contributed by atoms with Gasteiger partial charge in [0.2, 0.25) is 23.6 Å². The second kappa shape index (κ2) is 25.3. The summed E-state index contributed by atoms with van der Waals surface area (Å²) >= 11 is 14.3. The second-order valence-corrected chi connectivity index (χ2v) is 21.4. The molecule has 5 aromatic rings. The van der Waals surface area contributed by atoms with Crippen LogP contribution in [0.15, 0.2) is 60.2 Å². The van der Waals surface area contributed by atoms with Crippen LogP contribution in [0, 0.1) is 23.7 Å². The van der Waals surface area contributed by atoms with E-state index in [-0.39, 0.29) is 43.7 Å². The van der Waals surface area contributed by atoms with Crippen molar-refractivity contribution in [1.82, 2.24) is 35.3 Å². The number of aliphatic hydroxyl groups is 1. The number of ether oxygens (including phenoxy) is 3. The second-order valence-electron chi connectivity index (χ2n) is 19.7. The van der Waals surface area contributed by atoms with Crippen LogP contribution in [-0.2, 0) is 25.7 Å². The number of hydrogen-bond acceptors (Lipinski definition) is 14. The minimum absolute atomic E-state index is 0.00300. The molecule has 2 saturated heterocycles. The van der Waals surface area contributed by atoms with Crippen molar-refractivity contribution in [2.45, 2.75) is 97.4 Å². The Morgan fingerprint density at radius 1 is 0.919 bits per heavy atom. The van der Waals surface area contributed by atoms with Crippen molar-refractivity contribution in [3.8, 4) is 33.8 Å². The van der Waals surface area contributed by atoms with Crippen molar-refractivity contribution < 1.29 is 38.5 Å². The summed E-state index contributed by atoms with van der Waals surface area (Å²) in [5.74, 6) is 0.459. The van der Waals surface area contributed by atoms with Gasteiger partial charge in [0, 0.05) is 88.8 Å². The number of unbranched alkanes of at least 4 members (excludes halogenated alkanes) is 2. The number of carbonyl (C=O) groups excluding carboxylic acids is 4. The molecule has 4 heterocycles. The lowest BCUT2D eigenvalue weighted by Gasteiger charge is -2.35. The summed E-state index contributed by atoms with van der Waals surface area (Å²) in [4.78, 5) is 69.5. The van der Waals surface area contributed by atoms with E-state index in [0.29, 0.717) is 101 Å². The number of thiazole rings is 1. The van der Waals surface area contributed by atoms with Gasteiger partial charge in [0.15, 0.2) is 11.5 Å². The Labute approximate surface area is 446 Å². The third-order valence-electron chi connectivity index (χ3n) is 13.4. The van der Waals surface area contributed by atoms with Gasteiger partial charge in [-0.1, -0.05) is 74.7 Å². The molecule has 0 radical (unpaired) electrons. The van der Waals surface area contributed by atoms with Crippen LogP contribution in [0.1, 0.15) is 82.5 Å². The van der Waals surface area contributed by atoms with E-state index in [1.54, 1.807) is 42.7 Å². The SMILES string of the molecule is COc1cc(Nc2c(C#N)cnc3cc(OCCCN4CCN(C(=O)CCCCCC(=O)NC(C(=O)N5CC(O)CC5C(=O)NCc5ccc(-c6scnc6C)cc5)C(C)(C)C)CC4)c(OC)cc23)c(Cl)cc1Cl. The van der Waals surface area contributed by atoms with Gasteiger partial charge in [-0.05, 0) is 54.9 Å². The molecule has 3 aromatic carbocycles. The molecule has 2 fully saturated rings. The first-order valence-electron chi connectivity index (χ1n) is 24.9. The largest absolute Gasteiger partial charge is 0.495 e. The van der Waals surface area contributed by atoms with E-state index in [4.69, 9.17) is 37.4 Å². The summed E-state index contributed by atoms with van der Waals surface area (Å²) in [6.45, 7) is 11.8. The van der Waals surface area contributed by atoms with E-state index in [1.807, 2.05) is 62.4 Å². The number of nitrogens with one attached hydrogen (secondary N) is 3. The maximum absolute atomic E-state index is 14.1. The van der Waals surface area contributed by atoms with Crippen molar-refractivity contribution in [2.75, 3.05) is 65.4 Å². The molecule has 0 bridgehead atoms. The van der Waals surface area contributed by atoms with Crippen LogP contribution in [-0.4, -0.2) is 132 Å². The molecule has 4 N–H and O–H groups in total. The number of piperazine rings is 1. The maximum Gasteiger partial charge on any atom is 0.246 e. The Kier molecular flexibility index (Phi) is 19.0. The number of fused-ring (bicyclic) bond motifs is 1. The number of nitrogens with zero attached hydrogens (tertiary/aromatic N) is 6. The number of methoxy groups -OCH3 is 2. The predicted molar refractivity (Wildman–Crippen MR) is 287 cm³/mol. The zero-order valence-corrected chi connectivity index (χ0v) is 45.1. The molecule has 2 aliphatic heterocycles. The molecule has 74 heavy (non-hydrogen) atoms. The number of likely N-dealkylation sites (tertiary alicyclic amines) is 1. The van der Waals surface area contributed by atoms with E-state index in [0.717, 1.165) is 47.8 Å². The molecule has 3 atom stereocenters. The van der Waals surface area contributed by atoms with Gasteiger partial charge in [-0.3, -0.25) is 29.1 Å². The number of benzene rings is 3. The molecular weight excluding hydrogens is 1010 g/mol. The summed E-state index contributed by atoms with van der Waals surface area (Å²) in [5.41, 5.74) is 5.92. The smallest absolute Gasteiger partial charge is 0.246 e. The van der Waals surface area contributed by atoms with Crippen molar-refractivity contribution in [2.24, 2.45) is 5.41 Å². The van der Waals surface area contributed by atoms with Gasteiger partial charge in [-0.2, -0.15) is 5.26 Å². The molecule has 3 unspecified atom stereocenters. The minimum Gasteiger partial charge on any atom is -0.495 e. The Morgan fingerprint density at radius 3 is 2.32 bits per heavy atom. The van der Waals surface area contributed by atoms with Gasteiger partial charge in [-0.15, -0.1) is 11.3 Å². The number of aliphatic hydroxyl groups excluding tert-OH is 1. The molecule has 0 saturated carbocycles. The van der Waals surface area contributed by atoms with E-state index < -0.39 is 29.5 Å². The number of β-amino-alcohol motifs (C(OH)–C–C–N with tert-alkyl or cyclic N) is 1. The lowest BCUT2D eigenvalue weighted by atomic mass is 9.85. The number of nitriles is 1. The van der Waals surface area contributed by atoms with Crippen molar-refractivity contribution >= 4 is 80.4 Å². The average Bonchev–Trinajstić information content (AvgIpc) is 4.01. The number of rotatable bonds is 21. The molecule has 7 rings (SSSR count). The number of aryl methyl sites for hydroxylation is 1. The van der Waals surface area contributed by atoms with Gasteiger partial charge in [0.25, 0.3) is 0 Å². The van der Waals surface area contributed by atoms with Crippen LogP contribution >= 0.6 is 34.5 Å². The summed E-state index contributed by atoms with van der Waals surface area (Å²) in [6, 6.07) is 15.1. The molecule has 2 aliphatic rings. The fraction of sp³-hybridized carbons (Fsp3) is 0.463. The normalized spacial score (nSPS) is 16.4. The van der Waals surface area contributed by atoms with Crippen molar-refractivity contribution in [3.05, 3.63) is 87.1 Å². The Balaban J connectivity index is 0.804. The lowest BCUT2D eigenvalue weighted by molar-refractivity contribution is -0.144. The molecule has 0 aliphatic carbocycles. The molecule has 2 aromatic heterocycles. The van der Waals surface area contributed by atoms with Gasteiger partial charge in [0.1, 0.15) is 23.9 Å². The monoisotopic (exact) mass is 1070 g/mol. The fourth-order valence-electron chi connectivity index (χ4n) is 9.21. The third-order valence-corrected chi connectivity index (χ3v) is 15.0. The first-order valence-corrected chi connectivity index (χ1v) is 26.5. The van der Waals surface area contributed by atoms with E-state index in [1.165, 1.54) is 18.2 Å². The highest BCUT2D eigenvalue weighted by Crippen LogP contribution is 2.41. The van der Waals surface area contributed by atoms with Crippen LogP contribution in [0.3, 0.4) is 0 Å². The van der Waals surface area contributed by atoms with Gasteiger partial charge >= 0.3 is 0 Å². The van der Waals surface area contributed by atoms with Crippen molar-refractivity contribution in [3.63, 3.8) is 0 Å². The van der Waals surface area contributed by atoms with Crippen LogP contribution in [0.4, 0.5) is 11.4 Å². The number of carbonyl (C=O) groups is 4. The summed E-state index contributed by atoms with van der Waals surface area (Å²) in [5, 5.41) is 31.0. The Bertz CT molecular complexity index is 2850. The Hall–Kier alpha value is -6.23. The molecule has 17 nitrogen and oxygen atoms in total. The highest BCUT2D eigenvalue weighted by Gasteiger charge is 2.44. The maximum atomic E-state index is 14.1. The lowest BCUT2D eigenvalue weighted by Crippen LogP contribution is -2.57. The van der Waals surface area contributed by atoms with E-state index in [9.17, 15) is 29.5 Å². The number of amides is 4. The zero-order valence-electron chi connectivity index (χ0n) is 42.8. The van der Waals surface area contributed by atoms with Crippen LogP contribution in [0.2, 0.25) is 10.0 Å². The first-order chi connectivity index (χ1) is 35.5. The molecule has 4 amide bonds. The van der Waals surface area contributed by atoms with Crippen LogP contribution < -0.4 is 30.2 Å². The average molecular weight is 1070 g/mol. The standard InChI is InChI=1S/C54H65Cl2N9O8S/c1-33-50(74-32-60-33)35-15-13-34(14-16-35)29-59-52(69)43-23-37(66)31-65(43)53(70)51(54(2,3)4)62-47(67)11-8-7-9-12-48(68)64-20-18-63(19-21-64)17-10-22-73-46-26-41-38(24-45(46)72-6)49(36(28-57)30-58-41)61-42-27-44(71-5)40(56)25-39(42)55/h13-16,24-27,30,32,37,43,51,66H,7-12,17-23,29,31H2,1-6H3,(H,58,61)(H,59,69)(H,62,67). The Morgan fingerprint density at radius 2 is 1.65 bits per heavy atom. The highest BCUT2D eigenvalue weighted by molar-refractivity contribution is 7.13. The first kappa shape index (κ1) is 55.5. The minimum atomic E-state index is -0.913. The van der Waals surface area contributed by atoms with E-state index in [2.05, 4.69) is 36.9 Å². The molecule has 394 valence electrons. The fourth-order valence-corrected chi connectivity index (χ4v) is 10.5. The zero-order chi connectivity index (χ0) is 53.1. The number of hydrogen-bond donors (Lipinski definition) is 4. The number of pyridine rings is 1. The topological polar surface area (TPSA) is 212 Å². The van der Waals surface area contributed by atoms with Crippen LogP contribution in [0.5, 0.6) is 17.2 Å².